The molecule has 29 heavy (non-hydrogen) atoms. The van der Waals surface area contributed by atoms with Crippen LogP contribution in [0.3, 0.4) is 0 Å². The Morgan fingerprint density at radius 2 is 1.59 bits per heavy atom. The number of nitrogens with zero attached hydrogens (tertiary/aromatic N) is 4. The lowest BCUT2D eigenvalue weighted by Crippen LogP contribution is -2.37. The minimum Gasteiger partial charge on any atom is -0.497 e. The Morgan fingerprint density at radius 3 is 2.14 bits per heavy atom. The van der Waals surface area contributed by atoms with Crippen molar-refractivity contribution < 1.29 is 26.3 Å². The van der Waals surface area contributed by atoms with E-state index < -0.39 is 20.0 Å². The van der Waals surface area contributed by atoms with Crippen molar-refractivity contribution in [2.75, 3.05) is 40.4 Å². The zero-order valence-electron chi connectivity index (χ0n) is 16.5. The molecule has 0 saturated carbocycles. The van der Waals surface area contributed by atoms with E-state index in [4.69, 9.17) is 9.47 Å². The molecule has 2 heterocycles. The molecule has 0 atom stereocenters. The Kier molecular flexibility index (Phi) is 6.17. The Balaban J connectivity index is 1.85. The SMILES string of the molecule is COc1ccc(OC)c(S(=O)(=O)N2CCCN(S(=O)(=O)c3cnn(C)c3)CC2)c1. The Hall–Kier alpha value is -2.15. The van der Waals surface area contributed by atoms with E-state index in [1.165, 1.54) is 52.0 Å². The van der Waals surface area contributed by atoms with Gasteiger partial charge in [0.2, 0.25) is 20.0 Å². The summed E-state index contributed by atoms with van der Waals surface area (Å²) in [5.41, 5.74) is 0. The first-order chi connectivity index (χ1) is 13.7. The van der Waals surface area contributed by atoms with E-state index in [0.717, 1.165) is 0 Å². The molecule has 1 aliphatic rings. The van der Waals surface area contributed by atoms with E-state index in [9.17, 15) is 16.8 Å². The Labute approximate surface area is 170 Å². The van der Waals surface area contributed by atoms with Gasteiger partial charge in [-0.05, 0) is 18.6 Å². The third kappa shape index (κ3) is 4.25. The number of ether oxygens (including phenoxy) is 2. The molecule has 10 nitrogen and oxygen atoms in total. The molecular weight excluding hydrogens is 420 g/mol. The molecule has 0 N–H and O–H groups in total. The first-order valence-electron chi connectivity index (χ1n) is 8.91. The molecule has 160 valence electrons. The van der Waals surface area contributed by atoms with Crippen molar-refractivity contribution >= 4 is 20.0 Å². The number of benzene rings is 1. The number of aromatic nitrogens is 2. The molecular formula is C17H24N4O6S2. The summed E-state index contributed by atoms with van der Waals surface area (Å²) >= 11 is 0. The average molecular weight is 445 g/mol. The van der Waals surface area contributed by atoms with Gasteiger partial charge in [0, 0.05) is 45.5 Å². The van der Waals surface area contributed by atoms with Crippen molar-refractivity contribution in [2.45, 2.75) is 16.2 Å². The van der Waals surface area contributed by atoms with Crippen LogP contribution in [-0.4, -0.2) is 75.6 Å². The van der Waals surface area contributed by atoms with Gasteiger partial charge in [0.25, 0.3) is 0 Å². The smallest absolute Gasteiger partial charge is 0.246 e. The summed E-state index contributed by atoms with van der Waals surface area (Å²) in [4.78, 5) is 0.0775. The van der Waals surface area contributed by atoms with Gasteiger partial charge < -0.3 is 9.47 Å². The van der Waals surface area contributed by atoms with Crippen LogP contribution in [0.1, 0.15) is 6.42 Å². The topological polar surface area (TPSA) is 111 Å². The third-order valence-electron chi connectivity index (χ3n) is 4.72. The van der Waals surface area contributed by atoms with E-state index in [2.05, 4.69) is 5.10 Å². The van der Waals surface area contributed by atoms with Crippen molar-refractivity contribution in [3.63, 3.8) is 0 Å². The number of hydrogen-bond acceptors (Lipinski definition) is 7. The minimum absolute atomic E-state index is 0.0112. The molecule has 0 radical (unpaired) electrons. The van der Waals surface area contributed by atoms with E-state index in [0.29, 0.717) is 12.2 Å². The highest BCUT2D eigenvalue weighted by Crippen LogP contribution is 2.31. The fraction of sp³-hybridized carbons (Fsp3) is 0.471. The second kappa shape index (κ2) is 8.30. The molecule has 1 aromatic carbocycles. The lowest BCUT2D eigenvalue weighted by atomic mass is 10.3. The molecule has 0 spiro atoms. The number of aryl methyl sites for hydroxylation is 1. The second-order valence-corrected chi connectivity index (χ2v) is 10.4. The number of methoxy groups -OCH3 is 2. The molecule has 12 heteroatoms. The largest absolute Gasteiger partial charge is 0.497 e. The standard InChI is InChI=1S/C17H24N4O6S2/c1-19-13-15(12-18-19)28(22,23)20-7-4-8-21(10-9-20)29(24,25)17-11-14(26-2)5-6-16(17)27-3/h5-6,11-13H,4,7-10H2,1-3H3. The normalized spacial score (nSPS) is 17.1. The van der Waals surface area contributed by atoms with E-state index in [1.54, 1.807) is 13.1 Å². The van der Waals surface area contributed by atoms with Crippen LogP contribution in [-0.2, 0) is 27.1 Å². The summed E-state index contributed by atoms with van der Waals surface area (Å²) < 4.78 is 66.5. The lowest BCUT2D eigenvalue weighted by molar-refractivity contribution is 0.382. The average Bonchev–Trinajstić information content (AvgIpc) is 2.99. The first kappa shape index (κ1) is 21.6. The predicted octanol–water partition coefficient (Wildman–Crippen LogP) is 0.523. The number of rotatable bonds is 6. The summed E-state index contributed by atoms with van der Waals surface area (Å²) in [5.74, 6) is 0.592. The second-order valence-electron chi connectivity index (χ2n) is 6.53. The maximum absolute atomic E-state index is 13.2. The first-order valence-corrected chi connectivity index (χ1v) is 11.8. The van der Waals surface area contributed by atoms with Gasteiger partial charge in [0.1, 0.15) is 21.3 Å². The number of hydrogen-bond donors (Lipinski definition) is 0. The quantitative estimate of drug-likeness (QED) is 0.639. The molecule has 0 unspecified atom stereocenters. The summed E-state index contributed by atoms with van der Waals surface area (Å²) in [6.45, 7) is 0.491. The van der Waals surface area contributed by atoms with Gasteiger partial charge in [-0.2, -0.15) is 13.7 Å². The van der Waals surface area contributed by atoms with E-state index in [-0.39, 0.29) is 41.7 Å². The monoisotopic (exact) mass is 444 g/mol. The third-order valence-corrected chi connectivity index (χ3v) is 8.49. The highest BCUT2D eigenvalue weighted by Gasteiger charge is 2.33. The zero-order valence-corrected chi connectivity index (χ0v) is 18.1. The number of sulfonamides is 2. The molecule has 1 aromatic heterocycles. The van der Waals surface area contributed by atoms with Crippen molar-refractivity contribution in [3.05, 3.63) is 30.6 Å². The lowest BCUT2D eigenvalue weighted by Gasteiger charge is -2.22. The zero-order chi connectivity index (χ0) is 21.2. The van der Waals surface area contributed by atoms with E-state index in [1.807, 2.05) is 0 Å². The summed E-state index contributed by atoms with van der Waals surface area (Å²) in [6, 6.07) is 4.55. The molecule has 0 amide bonds. The van der Waals surface area contributed by atoms with Gasteiger partial charge in [0.15, 0.2) is 0 Å². The van der Waals surface area contributed by atoms with Crippen molar-refractivity contribution in [2.24, 2.45) is 7.05 Å². The van der Waals surface area contributed by atoms with Crippen LogP contribution in [0.2, 0.25) is 0 Å². The van der Waals surface area contributed by atoms with E-state index >= 15 is 0 Å². The van der Waals surface area contributed by atoms with Gasteiger partial charge in [-0.25, -0.2) is 16.8 Å². The van der Waals surface area contributed by atoms with Crippen LogP contribution in [0, 0.1) is 0 Å². The molecule has 3 rings (SSSR count). The van der Waals surface area contributed by atoms with Crippen LogP contribution >= 0.6 is 0 Å². The van der Waals surface area contributed by atoms with Gasteiger partial charge >= 0.3 is 0 Å². The Morgan fingerprint density at radius 1 is 0.931 bits per heavy atom. The summed E-state index contributed by atoms with van der Waals surface area (Å²) in [6.07, 6.45) is 3.08. The maximum atomic E-state index is 13.2. The molecule has 0 aliphatic carbocycles. The van der Waals surface area contributed by atoms with Gasteiger partial charge in [0.05, 0.1) is 20.4 Å². The van der Waals surface area contributed by atoms with Gasteiger partial charge in [-0.15, -0.1) is 0 Å². The van der Waals surface area contributed by atoms with Crippen LogP contribution in [0.15, 0.2) is 40.4 Å². The van der Waals surface area contributed by atoms with Crippen LogP contribution in [0.25, 0.3) is 0 Å². The van der Waals surface area contributed by atoms with Crippen molar-refractivity contribution in [1.29, 1.82) is 0 Å². The highest BCUT2D eigenvalue weighted by molar-refractivity contribution is 7.89. The van der Waals surface area contributed by atoms with Gasteiger partial charge in [-0.1, -0.05) is 0 Å². The molecule has 1 aliphatic heterocycles. The summed E-state index contributed by atoms with van der Waals surface area (Å²) in [5, 5.41) is 3.91. The molecule has 2 aromatic rings. The molecule has 1 fully saturated rings. The fourth-order valence-corrected chi connectivity index (χ4v) is 6.25. The molecule has 1 saturated heterocycles. The predicted molar refractivity (Wildman–Crippen MR) is 105 cm³/mol. The highest BCUT2D eigenvalue weighted by atomic mass is 32.2. The summed E-state index contributed by atoms with van der Waals surface area (Å²) in [7, 11) is -3.16. The van der Waals surface area contributed by atoms with Crippen molar-refractivity contribution in [3.8, 4) is 11.5 Å². The van der Waals surface area contributed by atoms with Crippen LogP contribution in [0.4, 0.5) is 0 Å². The van der Waals surface area contributed by atoms with Gasteiger partial charge in [-0.3, -0.25) is 4.68 Å². The molecule has 0 bridgehead atoms. The van der Waals surface area contributed by atoms with Crippen LogP contribution < -0.4 is 9.47 Å². The minimum atomic E-state index is -3.90. The van der Waals surface area contributed by atoms with Crippen molar-refractivity contribution in [1.82, 2.24) is 18.4 Å². The fourth-order valence-electron chi connectivity index (χ4n) is 3.16. The van der Waals surface area contributed by atoms with Crippen LogP contribution in [0.5, 0.6) is 11.5 Å². The Bertz CT molecular complexity index is 1080. The maximum Gasteiger partial charge on any atom is 0.246 e.